The van der Waals surface area contributed by atoms with Gasteiger partial charge in [-0.05, 0) is 19.1 Å². The van der Waals surface area contributed by atoms with Crippen LogP contribution in [0.1, 0.15) is 28.8 Å². The second-order valence-corrected chi connectivity index (χ2v) is 4.58. The number of ether oxygens (including phenoxy) is 1. The van der Waals surface area contributed by atoms with Gasteiger partial charge in [-0.1, -0.05) is 48.0 Å². The fourth-order valence-electron chi connectivity index (χ4n) is 1.77. The predicted molar refractivity (Wildman–Crippen MR) is 76.8 cm³/mol. The number of hydrogen-bond donors (Lipinski definition) is 0. The number of carbonyl (C=O) groups excluding carboxylic acids is 2. The summed E-state index contributed by atoms with van der Waals surface area (Å²) in [6, 6.07) is 16.2. The Labute approximate surface area is 118 Å². The zero-order valence-corrected chi connectivity index (χ0v) is 11.3. The highest BCUT2D eigenvalue weighted by Crippen LogP contribution is 2.11. The van der Waals surface area contributed by atoms with Gasteiger partial charge in [0, 0.05) is 12.0 Å². The van der Waals surface area contributed by atoms with Crippen LogP contribution in [0.15, 0.2) is 54.6 Å². The van der Waals surface area contributed by atoms with E-state index in [1.54, 1.807) is 36.4 Å². The topological polar surface area (TPSA) is 43.4 Å². The second-order valence-electron chi connectivity index (χ2n) is 4.58. The van der Waals surface area contributed by atoms with E-state index in [4.69, 9.17) is 4.74 Å². The first-order valence-corrected chi connectivity index (χ1v) is 6.51. The number of ketones is 1. The Bertz CT molecular complexity index is 585. The molecule has 0 saturated heterocycles. The first-order chi connectivity index (χ1) is 9.65. The highest BCUT2D eigenvalue weighted by atomic mass is 16.5. The summed E-state index contributed by atoms with van der Waals surface area (Å²) in [4.78, 5) is 23.5. The van der Waals surface area contributed by atoms with Crippen LogP contribution in [-0.2, 0) is 4.79 Å². The molecule has 0 bridgehead atoms. The summed E-state index contributed by atoms with van der Waals surface area (Å²) in [5, 5.41) is 0. The number of carbonyl (C=O) groups is 2. The van der Waals surface area contributed by atoms with Gasteiger partial charge in [0.1, 0.15) is 5.75 Å². The van der Waals surface area contributed by atoms with Crippen LogP contribution in [-0.4, -0.2) is 11.8 Å². The van der Waals surface area contributed by atoms with E-state index in [9.17, 15) is 9.59 Å². The lowest BCUT2D eigenvalue weighted by Gasteiger charge is -2.04. The zero-order valence-electron chi connectivity index (χ0n) is 11.3. The maximum atomic E-state index is 11.9. The van der Waals surface area contributed by atoms with E-state index >= 15 is 0 Å². The molecule has 2 aromatic carbocycles. The van der Waals surface area contributed by atoms with E-state index in [1.807, 2.05) is 25.1 Å². The van der Waals surface area contributed by atoms with Gasteiger partial charge in [0.05, 0.1) is 6.42 Å². The van der Waals surface area contributed by atoms with Gasteiger partial charge in [-0.3, -0.25) is 9.59 Å². The van der Waals surface area contributed by atoms with Crippen LogP contribution in [0.4, 0.5) is 0 Å². The predicted octanol–water partition coefficient (Wildman–Crippen LogP) is 3.56. The fourth-order valence-corrected chi connectivity index (χ4v) is 1.77. The molecule has 0 atom stereocenters. The maximum Gasteiger partial charge on any atom is 0.311 e. The number of rotatable bonds is 5. The van der Waals surface area contributed by atoms with Gasteiger partial charge >= 0.3 is 5.97 Å². The quantitative estimate of drug-likeness (QED) is 0.473. The maximum absolute atomic E-state index is 11.9. The van der Waals surface area contributed by atoms with Gasteiger partial charge in [0.15, 0.2) is 5.78 Å². The smallest absolute Gasteiger partial charge is 0.311 e. The van der Waals surface area contributed by atoms with Crippen LogP contribution >= 0.6 is 0 Å². The third-order valence-electron chi connectivity index (χ3n) is 2.90. The average molecular weight is 268 g/mol. The molecule has 20 heavy (non-hydrogen) atoms. The van der Waals surface area contributed by atoms with Crippen molar-refractivity contribution < 1.29 is 14.3 Å². The van der Waals surface area contributed by atoms with Crippen LogP contribution < -0.4 is 4.74 Å². The number of hydrogen-bond acceptors (Lipinski definition) is 3. The molecule has 0 spiro atoms. The lowest BCUT2D eigenvalue weighted by atomic mass is 10.1. The van der Waals surface area contributed by atoms with Crippen LogP contribution in [0.2, 0.25) is 0 Å². The SMILES string of the molecule is Cc1ccc(C(=O)CCC(=O)Oc2ccccc2)cc1. The zero-order chi connectivity index (χ0) is 14.4. The molecule has 0 saturated carbocycles. The van der Waals surface area contributed by atoms with Gasteiger partial charge in [-0.2, -0.15) is 0 Å². The van der Waals surface area contributed by atoms with Gasteiger partial charge < -0.3 is 4.74 Å². The second kappa shape index (κ2) is 6.66. The highest BCUT2D eigenvalue weighted by molar-refractivity contribution is 5.97. The van der Waals surface area contributed by atoms with E-state index in [0.29, 0.717) is 11.3 Å². The molecule has 0 aliphatic rings. The molecular formula is C17H16O3. The average Bonchev–Trinajstić information content (AvgIpc) is 2.46. The van der Waals surface area contributed by atoms with Crippen LogP contribution in [0.3, 0.4) is 0 Å². The molecule has 102 valence electrons. The first kappa shape index (κ1) is 14.0. The Morgan fingerprint density at radius 2 is 1.55 bits per heavy atom. The highest BCUT2D eigenvalue weighted by Gasteiger charge is 2.10. The van der Waals surface area contributed by atoms with E-state index in [2.05, 4.69) is 0 Å². The lowest BCUT2D eigenvalue weighted by molar-refractivity contribution is -0.134. The Hall–Kier alpha value is -2.42. The van der Waals surface area contributed by atoms with Crippen molar-refractivity contribution in [1.82, 2.24) is 0 Å². The van der Waals surface area contributed by atoms with E-state index in [1.165, 1.54) is 0 Å². The summed E-state index contributed by atoms with van der Waals surface area (Å²) in [5.41, 5.74) is 1.73. The molecular weight excluding hydrogens is 252 g/mol. The van der Waals surface area contributed by atoms with Gasteiger partial charge in [0.2, 0.25) is 0 Å². The van der Waals surface area contributed by atoms with Gasteiger partial charge in [-0.25, -0.2) is 0 Å². The molecule has 0 heterocycles. The molecule has 0 aliphatic heterocycles. The van der Waals surface area contributed by atoms with Crippen molar-refractivity contribution in [3.63, 3.8) is 0 Å². The van der Waals surface area contributed by atoms with Gasteiger partial charge in [0.25, 0.3) is 0 Å². The normalized spacial score (nSPS) is 10.1. The summed E-state index contributed by atoms with van der Waals surface area (Å²) >= 11 is 0. The Kier molecular flexibility index (Phi) is 4.66. The van der Waals surface area contributed by atoms with E-state index in [-0.39, 0.29) is 18.6 Å². The summed E-state index contributed by atoms with van der Waals surface area (Å²) in [5.74, 6) is 0.0620. The molecule has 0 unspecified atom stereocenters. The molecule has 2 aromatic rings. The number of esters is 1. The van der Waals surface area contributed by atoms with Crippen molar-refractivity contribution in [3.8, 4) is 5.75 Å². The van der Waals surface area contributed by atoms with Crippen LogP contribution in [0.5, 0.6) is 5.75 Å². The summed E-state index contributed by atoms with van der Waals surface area (Å²) < 4.78 is 5.13. The summed E-state index contributed by atoms with van der Waals surface area (Å²) in [6.07, 6.45) is 0.246. The minimum Gasteiger partial charge on any atom is -0.427 e. The number of Topliss-reactive ketones (excluding diaryl/α,β-unsaturated/α-hetero) is 1. The molecule has 0 aliphatic carbocycles. The molecule has 0 fully saturated rings. The van der Waals surface area contributed by atoms with E-state index < -0.39 is 5.97 Å². The molecule has 3 heteroatoms. The molecule has 0 radical (unpaired) electrons. The fraction of sp³-hybridized carbons (Fsp3) is 0.176. The molecule has 0 aromatic heterocycles. The summed E-state index contributed by atoms with van der Waals surface area (Å²) in [7, 11) is 0. The van der Waals surface area contributed by atoms with Crippen LogP contribution in [0, 0.1) is 6.92 Å². The van der Waals surface area contributed by atoms with Crippen molar-refractivity contribution >= 4 is 11.8 Å². The minimum atomic E-state index is -0.392. The van der Waals surface area contributed by atoms with Crippen molar-refractivity contribution in [3.05, 3.63) is 65.7 Å². The number of aryl methyl sites for hydroxylation is 1. The van der Waals surface area contributed by atoms with Crippen molar-refractivity contribution in [2.75, 3.05) is 0 Å². The molecule has 2 rings (SSSR count). The monoisotopic (exact) mass is 268 g/mol. The lowest BCUT2D eigenvalue weighted by Crippen LogP contribution is -2.10. The molecule has 0 amide bonds. The standard InChI is InChI=1S/C17H16O3/c1-13-7-9-14(10-8-13)16(18)11-12-17(19)20-15-5-3-2-4-6-15/h2-10H,11-12H2,1H3. The largest absolute Gasteiger partial charge is 0.427 e. The van der Waals surface area contributed by atoms with Crippen LogP contribution in [0.25, 0.3) is 0 Å². The third kappa shape index (κ3) is 4.05. The Morgan fingerprint density at radius 3 is 2.20 bits per heavy atom. The van der Waals surface area contributed by atoms with Crippen molar-refractivity contribution in [2.24, 2.45) is 0 Å². The van der Waals surface area contributed by atoms with Crippen molar-refractivity contribution in [2.45, 2.75) is 19.8 Å². The molecule has 0 N–H and O–H groups in total. The summed E-state index contributed by atoms with van der Waals surface area (Å²) in [6.45, 7) is 1.96. The third-order valence-corrected chi connectivity index (χ3v) is 2.90. The van der Waals surface area contributed by atoms with Crippen molar-refractivity contribution in [1.29, 1.82) is 0 Å². The Morgan fingerprint density at radius 1 is 0.900 bits per heavy atom. The molecule has 3 nitrogen and oxygen atoms in total. The van der Waals surface area contributed by atoms with E-state index in [0.717, 1.165) is 5.56 Å². The minimum absolute atomic E-state index is 0.0463. The number of para-hydroxylation sites is 1. The Balaban J connectivity index is 1.84. The van der Waals surface area contributed by atoms with Gasteiger partial charge in [-0.15, -0.1) is 0 Å². The first-order valence-electron chi connectivity index (χ1n) is 6.51. The number of benzene rings is 2.